The number of rotatable bonds is 5. The van der Waals surface area contributed by atoms with Gasteiger partial charge < -0.3 is 24.8 Å². The first kappa shape index (κ1) is 21.0. The largest absolute Gasteiger partial charge is 0.506 e. The zero-order chi connectivity index (χ0) is 22.9. The van der Waals surface area contributed by atoms with E-state index in [0.29, 0.717) is 10.8 Å². The number of pyridine rings is 1. The summed E-state index contributed by atoms with van der Waals surface area (Å²) in [6, 6.07) is 25.3. The van der Waals surface area contributed by atoms with Gasteiger partial charge in [-0.3, -0.25) is 4.98 Å². The van der Waals surface area contributed by atoms with E-state index in [9.17, 15) is 5.11 Å². The van der Waals surface area contributed by atoms with E-state index in [2.05, 4.69) is 56.3 Å². The Morgan fingerprint density at radius 2 is 1.70 bits per heavy atom. The van der Waals surface area contributed by atoms with Crippen LogP contribution in [0.2, 0.25) is 0 Å². The topological polar surface area (TPSA) is 56.6 Å². The molecule has 2 aromatic carbocycles. The number of aromatic nitrogens is 2. The summed E-state index contributed by atoms with van der Waals surface area (Å²) in [5, 5.41) is 14.7. The van der Waals surface area contributed by atoms with Crippen molar-refractivity contribution in [1.29, 1.82) is 0 Å². The van der Waals surface area contributed by atoms with Crippen LogP contribution in [0.4, 0.5) is 11.4 Å². The highest BCUT2D eigenvalue weighted by Crippen LogP contribution is 2.44. The molecule has 33 heavy (non-hydrogen) atoms. The van der Waals surface area contributed by atoms with Gasteiger partial charge >= 0.3 is 0 Å². The van der Waals surface area contributed by atoms with E-state index in [4.69, 9.17) is 12.2 Å². The van der Waals surface area contributed by atoms with Crippen LogP contribution in [-0.4, -0.2) is 33.9 Å². The SMILES string of the molecule is CN(C)c1ccc(-n2cccc2[C@@H]2[C@@H](c3ccccn3)NC(=S)N2c2ccccc2O)cc1. The molecular weight excluding hydrogens is 430 g/mol. The zero-order valence-corrected chi connectivity index (χ0v) is 19.3. The quantitative estimate of drug-likeness (QED) is 0.421. The number of anilines is 2. The highest BCUT2D eigenvalue weighted by atomic mass is 32.1. The third-order valence-corrected chi connectivity index (χ3v) is 6.28. The molecular formula is C26H25N5OS. The van der Waals surface area contributed by atoms with Crippen LogP contribution in [-0.2, 0) is 0 Å². The molecule has 1 aliphatic rings. The molecule has 6 nitrogen and oxygen atoms in total. The fourth-order valence-electron chi connectivity index (χ4n) is 4.36. The molecule has 1 aliphatic heterocycles. The second-order valence-electron chi connectivity index (χ2n) is 8.20. The van der Waals surface area contributed by atoms with Crippen LogP contribution in [0.1, 0.15) is 23.5 Å². The van der Waals surface area contributed by atoms with Crippen molar-refractivity contribution in [3.8, 4) is 11.4 Å². The minimum atomic E-state index is -0.218. The first-order chi connectivity index (χ1) is 16.0. The maximum Gasteiger partial charge on any atom is 0.174 e. The van der Waals surface area contributed by atoms with E-state index in [1.165, 1.54) is 0 Å². The lowest BCUT2D eigenvalue weighted by Gasteiger charge is -2.29. The van der Waals surface area contributed by atoms with Crippen molar-refractivity contribution in [2.24, 2.45) is 0 Å². The molecule has 166 valence electrons. The second-order valence-corrected chi connectivity index (χ2v) is 8.59. The average Bonchev–Trinajstić information content (AvgIpc) is 3.44. The molecule has 1 saturated heterocycles. The van der Waals surface area contributed by atoms with Gasteiger partial charge in [-0.05, 0) is 72.9 Å². The van der Waals surface area contributed by atoms with Crippen molar-refractivity contribution >= 4 is 28.7 Å². The van der Waals surface area contributed by atoms with Crippen LogP contribution in [0.25, 0.3) is 5.69 Å². The number of hydrogen-bond acceptors (Lipinski definition) is 4. The predicted molar refractivity (Wildman–Crippen MR) is 136 cm³/mol. The molecule has 0 spiro atoms. The number of hydrogen-bond donors (Lipinski definition) is 2. The maximum absolute atomic E-state index is 10.7. The molecule has 2 aromatic heterocycles. The standard InChI is InChI=1S/C26H25N5OS/c1-29(2)18-12-14-19(15-13-18)30-17-7-10-22(30)25-24(20-8-5-6-16-27-20)28-26(33)31(25)21-9-3-4-11-23(21)32/h3-17,24-25,32H,1-2H3,(H,28,33)/t24-,25-/m1/s1. The summed E-state index contributed by atoms with van der Waals surface area (Å²) in [4.78, 5) is 8.68. The van der Waals surface area contributed by atoms with Gasteiger partial charge in [0.05, 0.1) is 17.4 Å². The minimum Gasteiger partial charge on any atom is -0.506 e. The van der Waals surface area contributed by atoms with Gasteiger partial charge in [0.25, 0.3) is 0 Å². The molecule has 0 aliphatic carbocycles. The molecule has 3 heterocycles. The third kappa shape index (κ3) is 3.81. The lowest BCUT2D eigenvalue weighted by molar-refractivity contribution is 0.472. The Kier molecular flexibility index (Phi) is 5.48. The number of phenolic OH excluding ortho intramolecular Hbond substituents is 1. The van der Waals surface area contributed by atoms with Gasteiger partial charge in [0.2, 0.25) is 0 Å². The van der Waals surface area contributed by atoms with Crippen molar-refractivity contribution in [2.45, 2.75) is 12.1 Å². The fraction of sp³-hybridized carbons (Fsp3) is 0.154. The van der Waals surface area contributed by atoms with Crippen LogP contribution >= 0.6 is 12.2 Å². The van der Waals surface area contributed by atoms with Crippen molar-refractivity contribution in [3.63, 3.8) is 0 Å². The fourth-order valence-corrected chi connectivity index (χ4v) is 4.70. The summed E-state index contributed by atoms with van der Waals surface area (Å²) in [6.07, 6.45) is 3.85. The Balaban J connectivity index is 1.65. The molecule has 0 amide bonds. The van der Waals surface area contributed by atoms with Gasteiger partial charge in [-0.15, -0.1) is 0 Å². The number of phenols is 1. The van der Waals surface area contributed by atoms with E-state index >= 15 is 0 Å². The summed E-state index contributed by atoms with van der Waals surface area (Å²) >= 11 is 5.78. The van der Waals surface area contributed by atoms with Crippen LogP contribution in [0, 0.1) is 0 Å². The summed E-state index contributed by atoms with van der Waals surface area (Å²) in [6.45, 7) is 0. The van der Waals surface area contributed by atoms with E-state index < -0.39 is 0 Å². The number of thiocarbonyl (C=S) groups is 1. The first-order valence-electron chi connectivity index (χ1n) is 10.8. The van der Waals surface area contributed by atoms with E-state index in [1.807, 2.05) is 61.5 Å². The zero-order valence-electron chi connectivity index (χ0n) is 18.5. The molecule has 0 unspecified atom stereocenters. The van der Waals surface area contributed by atoms with Crippen LogP contribution < -0.4 is 15.1 Å². The van der Waals surface area contributed by atoms with E-state index in [0.717, 1.165) is 22.8 Å². The lowest BCUT2D eigenvalue weighted by Crippen LogP contribution is -2.30. The number of benzene rings is 2. The van der Waals surface area contributed by atoms with Crippen molar-refractivity contribution in [3.05, 3.63) is 103 Å². The summed E-state index contributed by atoms with van der Waals surface area (Å²) in [7, 11) is 4.06. The molecule has 4 aromatic rings. The van der Waals surface area contributed by atoms with Crippen molar-refractivity contribution < 1.29 is 5.11 Å². The maximum atomic E-state index is 10.7. The number of aromatic hydroxyl groups is 1. The van der Waals surface area contributed by atoms with Crippen LogP contribution in [0.5, 0.6) is 5.75 Å². The molecule has 2 atom stereocenters. The predicted octanol–water partition coefficient (Wildman–Crippen LogP) is 4.82. The van der Waals surface area contributed by atoms with E-state index in [-0.39, 0.29) is 17.8 Å². The van der Waals surface area contributed by atoms with Gasteiger partial charge in [-0.2, -0.15) is 0 Å². The minimum absolute atomic E-state index is 0.182. The summed E-state index contributed by atoms with van der Waals surface area (Å²) in [5.41, 5.74) is 4.78. The Labute approximate surface area is 198 Å². The Bertz CT molecular complexity index is 1270. The summed E-state index contributed by atoms with van der Waals surface area (Å²) in [5.74, 6) is 0.182. The van der Waals surface area contributed by atoms with Crippen LogP contribution in [0.15, 0.2) is 91.3 Å². The van der Waals surface area contributed by atoms with Gasteiger partial charge in [-0.25, -0.2) is 0 Å². The highest BCUT2D eigenvalue weighted by molar-refractivity contribution is 7.80. The molecule has 0 saturated carbocycles. The Morgan fingerprint density at radius 1 is 0.939 bits per heavy atom. The molecule has 0 radical (unpaired) electrons. The molecule has 1 fully saturated rings. The normalized spacial score (nSPS) is 17.8. The molecule has 7 heteroatoms. The number of para-hydroxylation sites is 2. The van der Waals surface area contributed by atoms with Gasteiger partial charge in [0.15, 0.2) is 5.11 Å². The smallest absolute Gasteiger partial charge is 0.174 e. The third-order valence-electron chi connectivity index (χ3n) is 5.97. The second kappa shape index (κ2) is 8.60. The van der Waals surface area contributed by atoms with Crippen LogP contribution in [0.3, 0.4) is 0 Å². The first-order valence-corrected chi connectivity index (χ1v) is 11.2. The van der Waals surface area contributed by atoms with Gasteiger partial charge in [-0.1, -0.05) is 18.2 Å². The van der Waals surface area contributed by atoms with Gasteiger partial charge in [0, 0.05) is 43.6 Å². The Hall–Kier alpha value is -3.84. The highest BCUT2D eigenvalue weighted by Gasteiger charge is 2.42. The molecule has 0 bridgehead atoms. The number of nitrogens with zero attached hydrogens (tertiary/aromatic N) is 4. The lowest BCUT2D eigenvalue weighted by atomic mass is 10.0. The molecule has 5 rings (SSSR count). The molecule has 2 N–H and O–H groups in total. The summed E-state index contributed by atoms with van der Waals surface area (Å²) < 4.78 is 2.17. The van der Waals surface area contributed by atoms with Gasteiger partial charge in [0.1, 0.15) is 11.8 Å². The van der Waals surface area contributed by atoms with E-state index in [1.54, 1.807) is 12.3 Å². The monoisotopic (exact) mass is 455 g/mol. The van der Waals surface area contributed by atoms with Crippen molar-refractivity contribution in [1.82, 2.24) is 14.9 Å². The number of nitrogens with one attached hydrogen (secondary N) is 1. The average molecular weight is 456 g/mol. The Morgan fingerprint density at radius 3 is 2.39 bits per heavy atom. The van der Waals surface area contributed by atoms with Crippen molar-refractivity contribution in [2.75, 3.05) is 23.9 Å².